The van der Waals surface area contributed by atoms with Crippen LogP contribution in [0, 0.1) is 0 Å². The molecule has 0 aliphatic carbocycles. The van der Waals surface area contributed by atoms with Crippen molar-refractivity contribution in [1.82, 2.24) is 0 Å². The van der Waals surface area contributed by atoms with E-state index >= 15 is 0 Å². The fourth-order valence-electron chi connectivity index (χ4n) is 1.06. The number of alkyl halides is 1. The summed E-state index contributed by atoms with van der Waals surface area (Å²) in [5.74, 6) is 0.518. The normalized spacial score (nSPS) is 11.4. The molecule has 0 atom stereocenters. The van der Waals surface area contributed by atoms with Crippen LogP contribution in [0.3, 0.4) is 0 Å². The average molecular weight is 314 g/mol. The number of rotatable bonds is 4. The van der Waals surface area contributed by atoms with Gasteiger partial charge in [-0.25, -0.2) is 8.42 Å². The van der Waals surface area contributed by atoms with Gasteiger partial charge in [0.1, 0.15) is 5.75 Å². The second-order valence-electron chi connectivity index (χ2n) is 2.80. The Bertz CT molecular complexity index is 445. The van der Waals surface area contributed by atoms with E-state index in [1.807, 2.05) is 0 Å². The predicted molar refractivity (Wildman–Crippen MR) is 63.9 cm³/mol. The molecule has 0 amide bonds. The van der Waals surface area contributed by atoms with Crippen molar-refractivity contribution in [3.63, 3.8) is 0 Å². The lowest BCUT2D eigenvalue weighted by atomic mass is 10.3. The third-order valence-corrected chi connectivity index (χ3v) is 4.76. The topological polar surface area (TPSA) is 43.4 Å². The molecule has 0 fully saturated rings. The van der Waals surface area contributed by atoms with Gasteiger partial charge in [0.25, 0.3) is 0 Å². The third-order valence-electron chi connectivity index (χ3n) is 1.83. The third kappa shape index (κ3) is 3.09. The van der Waals surface area contributed by atoms with Crippen molar-refractivity contribution in [2.45, 2.75) is 4.90 Å². The van der Waals surface area contributed by atoms with E-state index in [-0.39, 0.29) is 10.6 Å². The lowest BCUT2D eigenvalue weighted by Crippen LogP contribution is -2.07. The van der Waals surface area contributed by atoms with Gasteiger partial charge < -0.3 is 4.74 Å². The Kier molecular flexibility index (Phi) is 4.43. The molecule has 84 valence electrons. The first-order valence-corrected chi connectivity index (χ1v) is 7.28. The summed E-state index contributed by atoms with van der Waals surface area (Å²) in [6, 6.07) is 4.44. The Morgan fingerprint density at radius 2 is 2.13 bits per heavy atom. The number of ether oxygens (including phenoxy) is 1. The fourth-order valence-corrected chi connectivity index (χ4v) is 3.67. The summed E-state index contributed by atoms with van der Waals surface area (Å²) >= 11 is 8.93. The smallest absolute Gasteiger partial charge is 0.179 e. The molecule has 0 aliphatic rings. The number of sulfone groups is 1. The Morgan fingerprint density at radius 1 is 1.47 bits per heavy atom. The maximum absolute atomic E-state index is 11.7. The molecule has 0 bridgehead atoms. The van der Waals surface area contributed by atoms with E-state index in [9.17, 15) is 8.42 Å². The molecule has 0 N–H and O–H groups in total. The molecule has 1 aromatic carbocycles. The molecular formula is C9H10BrClO3S. The molecule has 0 spiro atoms. The molecule has 0 saturated carbocycles. The van der Waals surface area contributed by atoms with Crippen LogP contribution >= 0.6 is 27.5 Å². The van der Waals surface area contributed by atoms with Crippen LogP contribution in [-0.4, -0.2) is 26.6 Å². The van der Waals surface area contributed by atoms with E-state index in [1.54, 1.807) is 6.07 Å². The molecule has 15 heavy (non-hydrogen) atoms. The van der Waals surface area contributed by atoms with Crippen LogP contribution in [0.15, 0.2) is 23.1 Å². The molecule has 6 heteroatoms. The second kappa shape index (κ2) is 5.18. The maximum Gasteiger partial charge on any atom is 0.179 e. The Labute approximate surface area is 102 Å². The predicted octanol–water partition coefficient (Wildman–Crippen LogP) is 2.52. The number of methoxy groups -OCH3 is 1. The van der Waals surface area contributed by atoms with Crippen molar-refractivity contribution in [1.29, 1.82) is 0 Å². The van der Waals surface area contributed by atoms with Gasteiger partial charge in [-0.15, -0.1) is 0 Å². The highest BCUT2D eigenvalue weighted by atomic mass is 79.9. The zero-order chi connectivity index (χ0) is 11.5. The number of halogens is 2. The molecule has 0 radical (unpaired) electrons. The second-order valence-corrected chi connectivity index (χ2v) is 6.11. The molecule has 3 nitrogen and oxygen atoms in total. The van der Waals surface area contributed by atoms with Gasteiger partial charge in [-0.1, -0.05) is 27.5 Å². The molecule has 1 rings (SSSR count). The standard InChI is InChI=1S/C9H10BrClO3S/c1-14-9-3-2-7(6-8(9)11)15(12,13)5-4-10/h2-3,6H,4-5H2,1H3. The van der Waals surface area contributed by atoms with Crippen molar-refractivity contribution in [3.8, 4) is 5.75 Å². The molecule has 0 saturated heterocycles. The lowest BCUT2D eigenvalue weighted by Gasteiger charge is -2.06. The summed E-state index contributed by atoms with van der Waals surface area (Å²) in [5, 5.41) is 0.701. The first-order valence-electron chi connectivity index (χ1n) is 4.13. The minimum absolute atomic E-state index is 0.0512. The molecule has 0 aliphatic heterocycles. The number of benzene rings is 1. The van der Waals surface area contributed by atoms with Gasteiger partial charge in [0.15, 0.2) is 9.84 Å². The quantitative estimate of drug-likeness (QED) is 0.802. The highest BCUT2D eigenvalue weighted by molar-refractivity contribution is 9.09. The highest BCUT2D eigenvalue weighted by Gasteiger charge is 2.15. The van der Waals surface area contributed by atoms with Crippen molar-refractivity contribution >= 4 is 37.4 Å². The minimum Gasteiger partial charge on any atom is -0.495 e. The van der Waals surface area contributed by atoms with Crippen molar-refractivity contribution in [2.24, 2.45) is 0 Å². The van der Waals surface area contributed by atoms with Gasteiger partial charge in [-0.2, -0.15) is 0 Å². The van der Waals surface area contributed by atoms with Crippen molar-refractivity contribution in [2.75, 3.05) is 18.2 Å². The van der Waals surface area contributed by atoms with Gasteiger partial charge in [0, 0.05) is 5.33 Å². The largest absolute Gasteiger partial charge is 0.495 e. The first kappa shape index (κ1) is 12.8. The zero-order valence-electron chi connectivity index (χ0n) is 8.04. The molecule has 0 heterocycles. The average Bonchev–Trinajstić information content (AvgIpc) is 2.17. The first-order chi connectivity index (χ1) is 7.01. The Morgan fingerprint density at radius 3 is 2.60 bits per heavy atom. The zero-order valence-corrected chi connectivity index (χ0v) is 11.2. The van der Waals surface area contributed by atoms with E-state index in [4.69, 9.17) is 16.3 Å². The fraction of sp³-hybridized carbons (Fsp3) is 0.333. The van der Waals surface area contributed by atoms with Crippen LogP contribution in [0.5, 0.6) is 5.75 Å². The summed E-state index contributed by atoms with van der Waals surface area (Å²) in [4.78, 5) is 0.216. The van der Waals surface area contributed by atoms with E-state index in [0.717, 1.165) is 0 Å². The molecule has 1 aromatic rings. The molecular weight excluding hydrogens is 304 g/mol. The van der Waals surface area contributed by atoms with Crippen LogP contribution in [-0.2, 0) is 9.84 Å². The van der Waals surface area contributed by atoms with Gasteiger partial charge in [-0.05, 0) is 18.2 Å². The van der Waals surface area contributed by atoms with Crippen LogP contribution in [0.2, 0.25) is 5.02 Å². The van der Waals surface area contributed by atoms with E-state index in [2.05, 4.69) is 15.9 Å². The Balaban J connectivity index is 3.13. The monoisotopic (exact) mass is 312 g/mol. The van der Waals surface area contributed by atoms with Gasteiger partial charge in [0.05, 0.1) is 22.8 Å². The van der Waals surface area contributed by atoms with Crippen molar-refractivity contribution < 1.29 is 13.2 Å². The van der Waals surface area contributed by atoms with Crippen LogP contribution in [0.1, 0.15) is 0 Å². The summed E-state index contributed by atoms with van der Waals surface area (Å²) in [5.41, 5.74) is 0. The Hall–Kier alpha value is -0.260. The minimum atomic E-state index is -3.24. The lowest BCUT2D eigenvalue weighted by molar-refractivity contribution is 0.414. The van der Waals surface area contributed by atoms with E-state index < -0.39 is 9.84 Å². The summed E-state index contributed by atoms with van der Waals surface area (Å²) in [7, 11) is -1.76. The van der Waals surface area contributed by atoms with Crippen molar-refractivity contribution in [3.05, 3.63) is 23.2 Å². The van der Waals surface area contributed by atoms with Crippen LogP contribution < -0.4 is 4.74 Å². The highest BCUT2D eigenvalue weighted by Crippen LogP contribution is 2.27. The number of hydrogen-bond acceptors (Lipinski definition) is 3. The summed E-state index contributed by atoms with van der Waals surface area (Å²) in [6.45, 7) is 0. The summed E-state index contributed by atoms with van der Waals surface area (Å²) in [6.07, 6.45) is 0. The summed E-state index contributed by atoms with van der Waals surface area (Å²) < 4.78 is 28.2. The van der Waals surface area contributed by atoms with E-state index in [1.165, 1.54) is 19.2 Å². The van der Waals surface area contributed by atoms with Gasteiger partial charge in [0.2, 0.25) is 0 Å². The maximum atomic E-state index is 11.7. The SMILES string of the molecule is COc1ccc(S(=O)(=O)CCBr)cc1Cl. The number of hydrogen-bond donors (Lipinski definition) is 0. The van der Waals surface area contributed by atoms with E-state index in [0.29, 0.717) is 16.1 Å². The molecule has 0 aromatic heterocycles. The molecule has 0 unspecified atom stereocenters. The van der Waals surface area contributed by atoms with Gasteiger partial charge in [-0.3, -0.25) is 0 Å². The van der Waals surface area contributed by atoms with Crippen LogP contribution in [0.25, 0.3) is 0 Å². The van der Waals surface area contributed by atoms with Crippen LogP contribution in [0.4, 0.5) is 0 Å². The van der Waals surface area contributed by atoms with Gasteiger partial charge >= 0.3 is 0 Å².